The topological polar surface area (TPSA) is 42.6 Å². The van der Waals surface area contributed by atoms with Crippen LogP contribution in [0.5, 0.6) is 0 Å². The highest BCUT2D eigenvalue weighted by atomic mass is 19.1. The van der Waals surface area contributed by atoms with E-state index in [4.69, 9.17) is 9.15 Å². The van der Waals surface area contributed by atoms with Crippen LogP contribution >= 0.6 is 0 Å². The van der Waals surface area contributed by atoms with E-state index < -0.39 is 11.9 Å². The molecule has 0 saturated heterocycles. The van der Waals surface area contributed by atoms with E-state index in [-0.39, 0.29) is 12.2 Å². The average molecular weight is 238 g/mol. The maximum atomic E-state index is 13.4. The zero-order valence-corrected chi connectivity index (χ0v) is 9.65. The van der Waals surface area contributed by atoms with Crippen molar-refractivity contribution < 1.29 is 18.7 Å². The predicted octanol–water partition coefficient (Wildman–Crippen LogP) is 3.03. The molecule has 0 amide bonds. The number of para-hydroxylation sites is 1. The van der Waals surface area contributed by atoms with Crippen LogP contribution in [0.3, 0.4) is 0 Å². The van der Waals surface area contributed by atoms with Gasteiger partial charge in [0.25, 0.3) is 0 Å². The Balaban J connectivity index is 2.16. The van der Waals surface area contributed by atoms with Gasteiger partial charge in [0.1, 0.15) is 11.9 Å². The molecule has 0 fully saturated rings. The smallest absolute Gasteiger partial charge is 0.170 e. The zero-order chi connectivity index (χ0) is 12.3. The molecule has 1 N–H and O–H groups in total. The molecule has 1 atom stereocenters. The van der Waals surface area contributed by atoms with Crippen LogP contribution < -0.4 is 0 Å². The van der Waals surface area contributed by atoms with Crippen molar-refractivity contribution in [3.8, 4) is 0 Å². The van der Waals surface area contributed by atoms with Crippen molar-refractivity contribution in [2.45, 2.75) is 19.4 Å². The molecule has 0 spiro atoms. The number of fused-ring (bicyclic) bond motifs is 1. The summed E-state index contributed by atoms with van der Waals surface area (Å²) in [4.78, 5) is 0. The summed E-state index contributed by atoms with van der Waals surface area (Å²) in [6.07, 6.45) is 0.0370. The molecule has 1 unspecified atom stereocenters. The minimum atomic E-state index is -0.853. The number of aliphatic hydroxyl groups is 1. The van der Waals surface area contributed by atoms with Crippen molar-refractivity contribution in [1.29, 1.82) is 0 Å². The molecule has 0 aliphatic rings. The number of rotatable bonds is 5. The van der Waals surface area contributed by atoms with E-state index in [9.17, 15) is 9.50 Å². The third-order valence-electron chi connectivity index (χ3n) is 2.47. The SMILES string of the molecule is CCCOCC(O)c1cc2cccc(F)c2o1. The van der Waals surface area contributed by atoms with Crippen LogP contribution in [0.4, 0.5) is 4.39 Å². The lowest BCUT2D eigenvalue weighted by atomic mass is 10.2. The van der Waals surface area contributed by atoms with E-state index in [1.165, 1.54) is 6.07 Å². The van der Waals surface area contributed by atoms with Crippen LogP contribution in [0.1, 0.15) is 25.2 Å². The van der Waals surface area contributed by atoms with Gasteiger partial charge in [-0.15, -0.1) is 0 Å². The molecule has 2 aromatic rings. The highest BCUT2D eigenvalue weighted by Crippen LogP contribution is 2.26. The van der Waals surface area contributed by atoms with Crippen LogP contribution in [0, 0.1) is 5.82 Å². The summed E-state index contributed by atoms with van der Waals surface area (Å²) in [7, 11) is 0. The Morgan fingerprint density at radius 1 is 1.47 bits per heavy atom. The van der Waals surface area contributed by atoms with Gasteiger partial charge in [0, 0.05) is 12.0 Å². The molecule has 4 heteroatoms. The fourth-order valence-corrected chi connectivity index (χ4v) is 1.63. The molecule has 0 bridgehead atoms. The van der Waals surface area contributed by atoms with E-state index in [0.717, 1.165) is 6.42 Å². The number of ether oxygens (including phenoxy) is 1. The molecular formula is C13H15FO3. The number of hydrogen-bond acceptors (Lipinski definition) is 3. The van der Waals surface area contributed by atoms with E-state index >= 15 is 0 Å². The largest absolute Gasteiger partial charge is 0.455 e. The predicted molar refractivity (Wildman–Crippen MR) is 62.2 cm³/mol. The molecule has 0 radical (unpaired) electrons. The lowest BCUT2D eigenvalue weighted by Crippen LogP contribution is -2.06. The van der Waals surface area contributed by atoms with Crippen molar-refractivity contribution in [3.05, 3.63) is 35.8 Å². The minimum absolute atomic E-state index is 0.162. The van der Waals surface area contributed by atoms with Crippen molar-refractivity contribution >= 4 is 11.0 Å². The first-order valence-electron chi connectivity index (χ1n) is 5.66. The molecule has 0 saturated carbocycles. The minimum Gasteiger partial charge on any atom is -0.455 e. The first-order chi connectivity index (χ1) is 8.22. The number of aliphatic hydroxyl groups excluding tert-OH is 1. The normalized spacial score (nSPS) is 13.1. The van der Waals surface area contributed by atoms with Crippen LogP contribution in [-0.2, 0) is 4.74 Å². The number of halogens is 1. The molecule has 2 rings (SSSR count). The van der Waals surface area contributed by atoms with Crippen molar-refractivity contribution in [1.82, 2.24) is 0 Å². The second-order valence-electron chi connectivity index (χ2n) is 3.90. The summed E-state index contributed by atoms with van der Waals surface area (Å²) in [6, 6.07) is 6.32. The molecule has 1 aromatic carbocycles. The Kier molecular flexibility index (Phi) is 3.76. The van der Waals surface area contributed by atoms with Crippen LogP contribution in [0.15, 0.2) is 28.7 Å². The Morgan fingerprint density at radius 3 is 3.00 bits per heavy atom. The summed E-state index contributed by atoms with van der Waals surface area (Å²) < 4.78 is 23.9. The molecule has 0 aliphatic carbocycles. The number of benzene rings is 1. The van der Waals surface area contributed by atoms with Gasteiger partial charge in [0.15, 0.2) is 11.4 Å². The Morgan fingerprint density at radius 2 is 2.29 bits per heavy atom. The first kappa shape index (κ1) is 12.1. The second kappa shape index (κ2) is 5.29. The standard InChI is InChI=1S/C13H15FO3/c1-2-6-16-8-11(15)12-7-9-4-3-5-10(14)13(9)17-12/h3-5,7,11,15H,2,6,8H2,1H3. The summed E-state index contributed by atoms with van der Waals surface area (Å²) in [6.45, 7) is 2.74. The van der Waals surface area contributed by atoms with E-state index in [2.05, 4.69) is 0 Å². The molecule has 1 aromatic heterocycles. The summed E-state index contributed by atoms with van der Waals surface area (Å²) in [5.74, 6) is -0.0865. The number of hydrogen-bond donors (Lipinski definition) is 1. The maximum Gasteiger partial charge on any atom is 0.170 e. The lowest BCUT2D eigenvalue weighted by molar-refractivity contribution is 0.0260. The van der Waals surface area contributed by atoms with Gasteiger partial charge in [0.05, 0.1) is 6.61 Å². The summed E-state index contributed by atoms with van der Waals surface area (Å²) >= 11 is 0. The summed E-state index contributed by atoms with van der Waals surface area (Å²) in [5.41, 5.74) is 0.178. The highest BCUT2D eigenvalue weighted by molar-refractivity contribution is 5.78. The zero-order valence-electron chi connectivity index (χ0n) is 9.65. The van der Waals surface area contributed by atoms with Gasteiger partial charge >= 0.3 is 0 Å². The fraction of sp³-hybridized carbons (Fsp3) is 0.385. The van der Waals surface area contributed by atoms with Crippen molar-refractivity contribution in [2.24, 2.45) is 0 Å². The lowest BCUT2D eigenvalue weighted by Gasteiger charge is -2.07. The summed E-state index contributed by atoms with van der Waals surface area (Å²) in [5, 5.41) is 10.4. The Hall–Kier alpha value is -1.39. The van der Waals surface area contributed by atoms with Crippen LogP contribution in [0.2, 0.25) is 0 Å². The highest BCUT2D eigenvalue weighted by Gasteiger charge is 2.15. The quantitative estimate of drug-likeness (QED) is 0.814. The van der Waals surface area contributed by atoms with E-state index in [1.54, 1.807) is 18.2 Å². The monoisotopic (exact) mass is 238 g/mol. The Labute approximate surface area is 98.8 Å². The van der Waals surface area contributed by atoms with Crippen LogP contribution in [0.25, 0.3) is 11.0 Å². The third kappa shape index (κ3) is 2.65. The molecule has 17 heavy (non-hydrogen) atoms. The van der Waals surface area contributed by atoms with Gasteiger partial charge in [-0.1, -0.05) is 19.1 Å². The first-order valence-corrected chi connectivity index (χ1v) is 5.66. The van der Waals surface area contributed by atoms with Crippen molar-refractivity contribution in [2.75, 3.05) is 13.2 Å². The number of furan rings is 1. The van der Waals surface area contributed by atoms with E-state index in [0.29, 0.717) is 17.8 Å². The third-order valence-corrected chi connectivity index (χ3v) is 2.47. The van der Waals surface area contributed by atoms with Gasteiger partial charge in [-0.25, -0.2) is 4.39 Å². The van der Waals surface area contributed by atoms with Gasteiger partial charge in [-0.2, -0.15) is 0 Å². The molecule has 3 nitrogen and oxygen atoms in total. The van der Waals surface area contributed by atoms with Gasteiger partial charge in [0.2, 0.25) is 0 Å². The van der Waals surface area contributed by atoms with Gasteiger partial charge < -0.3 is 14.3 Å². The molecular weight excluding hydrogens is 223 g/mol. The maximum absolute atomic E-state index is 13.4. The fourth-order valence-electron chi connectivity index (χ4n) is 1.63. The van der Waals surface area contributed by atoms with Gasteiger partial charge in [-0.3, -0.25) is 0 Å². The average Bonchev–Trinajstić information content (AvgIpc) is 2.75. The molecule has 0 aliphatic heterocycles. The second-order valence-corrected chi connectivity index (χ2v) is 3.90. The van der Waals surface area contributed by atoms with Gasteiger partial charge in [-0.05, 0) is 18.6 Å². The van der Waals surface area contributed by atoms with Crippen molar-refractivity contribution in [3.63, 3.8) is 0 Å². The molecule has 1 heterocycles. The van der Waals surface area contributed by atoms with Crippen LogP contribution in [-0.4, -0.2) is 18.3 Å². The van der Waals surface area contributed by atoms with E-state index in [1.807, 2.05) is 6.92 Å². The Bertz CT molecular complexity index is 492. The molecule has 92 valence electrons.